The molecule has 1 rings (SSSR count). The molecule has 96 valence electrons. The van der Waals surface area contributed by atoms with Crippen molar-refractivity contribution >= 4 is 11.6 Å². The van der Waals surface area contributed by atoms with Gasteiger partial charge in [-0.25, -0.2) is 0 Å². The molecule has 1 N–H and O–H groups in total. The molecule has 0 spiro atoms. The van der Waals surface area contributed by atoms with E-state index < -0.39 is 0 Å². The van der Waals surface area contributed by atoms with E-state index in [2.05, 4.69) is 50.4 Å². The van der Waals surface area contributed by atoms with E-state index in [4.69, 9.17) is 11.6 Å². The zero-order chi connectivity index (χ0) is 12.7. The summed E-state index contributed by atoms with van der Waals surface area (Å²) in [6, 6.07) is 8.54. The van der Waals surface area contributed by atoms with Crippen LogP contribution in [0.1, 0.15) is 37.8 Å². The molecular weight excluding hydrogens is 230 g/mol. The van der Waals surface area contributed by atoms with Crippen molar-refractivity contribution in [2.24, 2.45) is 5.41 Å². The molecular formula is C15H24ClN. The highest BCUT2D eigenvalue weighted by Gasteiger charge is 2.16. The number of alkyl halides is 1. The zero-order valence-electron chi connectivity index (χ0n) is 11.2. The number of aryl methyl sites for hydroxylation is 1. The maximum absolute atomic E-state index is 5.74. The first-order chi connectivity index (χ1) is 8.05. The third kappa shape index (κ3) is 5.56. The molecule has 0 aromatic heterocycles. The second-order valence-corrected chi connectivity index (χ2v) is 5.86. The fourth-order valence-electron chi connectivity index (χ4n) is 1.98. The van der Waals surface area contributed by atoms with E-state index in [1.54, 1.807) is 0 Å². The Hall–Kier alpha value is -0.530. The Labute approximate surface area is 111 Å². The van der Waals surface area contributed by atoms with Crippen LogP contribution in [0.25, 0.3) is 0 Å². The summed E-state index contributed by atoms with van der Waals surface area (Å²) < 4.78 is 0. The van der Waals surface area contributed by atoms with Crippen LogP contribution in [0.2, 0.25) is 0 Å². The first-order valence-electron chi connectivity index (χ1n) is 6.36. The van der Waals surface area contributed by atoms with E-state index in [0.717, 1.165) is 25.4 Å². The molecule has 0 aliphatic carbocycles. The van der Waals surface area contributed by atoms with Crippen LogP contribution in [-0.2, 0) is 6.54 Å². The molecule has 1 nitrogen and oxygen atoms in total. The van der Waals surface area contributed by atoms with Crippen LogP contribution in [0, 0.1) is 12.3 Å². The molecule has 0 heterocycles. The molecule has 0 unspecified atom stereocenters. The van der Waals surface area contributed by atoms with Crippen molar-refractivity contribution in [2.45, 2.75) is 40.2 Å². The lowest BCUT2D eigenvalue weighted by Crippen LogP contribution is -2.29. The number of halogens is 1. The van der Waals surface area contributed by atoms with E-state index in [1.165, 1.54) is 17.5 Å². The second kappa shape index (κ2) is 7.03. The lowest BCUT2D eigenvalue weighted by molar-refractivity contribution is 0.311. The van der Waals surface area contributed by atoms with E-state index in [0.29, 0.717) is 5.41 Å². The fourth-order valence-corrected chi connectivity index (χ4v) is 2.11. The lowest BCUT2D eigenvalue weighted by atomic mass is 9.88. The van der Waals surface area contributed by atoms with Gasteiger partial charge in [0, 0.05) is 19.0 Å². The van der Waals surface area contributed by atoms with Crippen LogP contribution in [0.3, 0.4) is 0 Å². The van der Waals surface area contributed by atoms with Gasteiger partial charge in [-0.3, -0.25) is 0 Å². The van der Waals surface area contributed by atoms with Crippen molar-refractivity contribution in [3.63, 3.8) is 0 Å². The summed E-state index contributed by atoms with van der Waals surface area (Å²) in [4.78, 5) is 0. The van der Waals surface area contributed by atoms with Crippen molar-refractivity contribution in [1.82, 2.24) is 5.32 Å². The summed E-state index contributed by atoms with van der Waals surface area (Å²) in [5.41, 5.74) is 3.08. The molecule has 2 heteroatoms. The minimum atomic E-state index is 0.331. The number of hydrogen-bond donors (Lipinski definition) is 1. The highest BCUT2D eigenvalue weighted by molar-refractivity contribution is 6.17. The number of rotatable bonds is 7. The quantitative estimate of drug-likeness (QED) is 0.721. The minimum Gasteiger partial charge on any atom is -0.312 e. The molecule has 0 bridgehead atoms. The maximum atomic E-state index is 5.74. The molecule has 17 heavy (non-hydrogen) atoms. The lowest BCUT2D eigenvalue weighted by Gasteiger charge is -2.25. The Morgan fingerprint density at radius 3 is 2.59 bits per heavy atom. The van der Waals surface area contributed by atoms with Gasteiger partial charge in [0.05, 0.1) is 0 Å². The SMILES string of the molecule is Cc1ccccc1CNCC(C)(C)CCCCl. The third-order valence-corrected chi connectivity index (χ3v) is 3.43. The molecule has 0 aliphatic heterocycles. The molecule has 1 aromatic rings. The van der Waals surface area contributed by atoms with Crippen LogP contribution in [-0.4, -0.2) is 12.4 Å². The Morgan fingerprint density at radius 1 is 1.24 bits per heavy atom. The molecule has 0 amide bonds. The van der Waals surface area contributed by atoms with Gasteiger partial charge in [-0.1, -0.05) is 38.1 Å². The van der Waals surface area contributed by atoms with Gasteiger partial charge in [-0.2, -0.15) is 0 Å². The molecule has 0 saturated carbocycles. The van der Waals surface area contributed by atoms with Crippen molar-refractivity contribution in [2.75, 3.05) is 12.4 Å². The topological polar surface area (TPSA) is 12.0 Å². The fraction of sp³-hybridized carbons (Fsp3) is 0.600. The average molecular weight is 254 g/mol. The summed E-state index contributed by atoms with van der Waals surface area (Å²) in [5, 5.41) is 3.55. The Balaban J connectivity index is 2.35. The predicted molar refractivity (Wildman–Crippen MR) is 76.6 cm³/mol. The normalized spacial score (nSPS) is 11.8. The summed E-state index contributed by atoms with van der Waals surface area (Å²) >= 11 is 5.74. The first-order valence-corrected chi connectivity index (χ1v) is 6.90. The van der Waals surface area contributed by atoms with Crippen LogP contribution in [0.15, 0.2) is 24.3 Å². The third-order valence-electron chi connectivity index (χ3n) is 3.17. The molecule has 0 atom stereocenters. The molecule has 0 aliphatic rings. The molecule has 0 fully saturated rings. The van der Waals surface area contributed by atoms with Crippen LogP contribution in [0.5, 0.6) is 0 Å². The van der Waals surface area contributed by atoms with Gasteiger partial charge >= 0.3 is 0 Å². The van der Waals surface area contributed by atoms with E-state index in [1.807, 2.05) is 0 Å². The van der Waals surface area contributed by atoms with Crippen LogP contribution < -0.4 is 5.32 Å². The van der Waals surface area contributed by atoms with Crippen LogP contribution >= 0.6 is 11.6 Å². The molecule has 0 saturated heterocycles. The van der Waals surface area contributed by atoms with Gasteiger partial charge in [0.15, 0.2) is 0 Å². The van der Waals surface area contributed by atoms with E-state index >= 15 is 0 Å². The van der Waals surface area contributed by atoms with Crippen LogP contribution in [0.4, 0.5) is 0 Å². The van der Waals surface area contributed by atoms with Gasteiger partial charge in [-0.15, -0.1) is 11.6 Å². The summed E-state index contributed by atoms with van der Waals surface area (Å²) in [6.45, 7) is 8.75. The number of hydrogen-bond acceptors (Lipinski definition) is 1. The Morgan fingerprint density at radius 2 is 1.94 bits per heavy atom. The minimum absolute atomic E-state index is 0.331. The smallest absolute Gasteiger partial charge is 0.0223 e. The Kier molecular flexibility index (Phi) is 6.01. The van der Waals surface area contributed by atoms with Crippen molar-refractivity contribution < 1.29 is 0 Å². The van der Waals surface area contributed by atoms with Crippen molar-refractivity contribution in [3.8, 4) is 0 Å². The summed E-state index contributed by atoms with van der Waals surface area (Å²) in [6.07, 6.45) is 2.28. The first kappa shape index (κ1) is 14.5. The van der Waals surface area contributed by atoms with Gasteiger partial charge < -0.3 is 5.32 Å². The molecule has 0 radical (unpaired) electrons. The monoisotopic (exact) mass is 253 g/mol. The van der Waals surface area contributed by atoms with Gasteiger partial charge in [0.1, 0.15) is 0 Å². The number of nitrogens with one attached hydrogen (secondary N) is 1. The maximum Gasteiger partial charge on any atom is 0.0223 e. The van der Waals surface area contributed by atoms with E-state index in [9.17, 15) is 0 Å². The second-order valence-electron chi connectivity index (χ2n) is 5.49. The average Bonchev–Trinajstić information content (AvgIpc) is 2.29. The predicted octanol–water partition coefficient (Wildman–Crippen LogP) is 4.13. The van der Waals surface area contributed by atoms with E-state index in [-0.39, 0.29) is 0 Å². The van der Waals surface area contributed by atoms with Crippen molar-refractivity contribution in [1.29, 1.82) is 0 Å². The summed E-state index contributed by atoms with van der Waals surface area (Å²) in [5.74, 6) is 0.765. The highest BCUT2D eigenvalue weighted by atomic mass is 35.5. The van der Waals surface area contributed by atoms with Gasteiger partial charge in [-0.05, 0) is 36.3 Å². The zero-order valence-corrected chi connectivity index (χ0v) is 12.0. The standard InChI is InChI=1S/C15H24ClN/c1-13-7-4-5-8-14(13)11-17-12-15(2,3)9-6-10-16/h4-5,7-8,17H,6,9-12H2,1-3H3. The van der Waals surface area contributed by atoms with Gasteiger partial charge in [0.2, 0.25) is 0 Å². The summed E-state index contributed by atoms with van der Waals surface area (Å²) in [7, 11) is 0. The molecule has 1 aromatic carbocycles. The largest absolute Gasteiger partial charge is 0.312 e. The van der Waals surface area contributed by atoms with Crippen molar-refractivity contribution in [3.05, 3.63) is 35.4 Å². The highest BCUT2D eigenvalue weighted by Crippen LogP contribution is 2.21. The van der Waals surface area contributed by atoms with Gasteiger partial charge in [0.25, 0.3) is 0 Å². The Bertz CT molecular complexity index is 333. The number of benzene rings is 1.